The van der Waals surface area contributed by atoms with Gasteiger partial charge in [-0.3, -0.25) is 4.79 Å². The molecule has 98 valence electrons. The molecular weight excluding hydrogens is 235 g/mol. The molecule has 3 N–H and O–H groups in total. The molecule has 0 unspecified atom stereocenters. The fourth-order valence-electron chi connectivity index (χ4n) is 1.61. The molecule has 0 saturated heterocycles. The Morgan fingerprint density at radius 1 is 1.61 bits per heavy atom. The number of amides is 1. The molecule has 0 spiro atoms. The number of ether oxygens (including phenoxy) is 1. The van der Waals surface area contributed by atoms with Crippen molar-refractivity contribution in [3.8, 4) is 5.75 Å². The van der Waals surface area contributed by atoms with E-state index in [9.17, 15) is 9.18 Å². The number of benzene rings is 1. The van der Waals surface area contributed by atoms with E-state index in [4.69, 9.17) is 10.5 Å². The summed E-state index contributed by atoms with van der Waals surface area (Å²) in [6.45, 7) is 1.62. The van der Waals surface area contributed by atoms with Crippen LogP contribution in [0.25, 0.3) is 0 Å². The van der Waals surface area contributed by atoms with Crippen molar-refractivity contribution >= 4 is 5.91 Å². The number of rotatable bonds is 5. The number of hydrogen-bond acceptors (Lipinski definition) is 3. The molecule has 1 saturated carbocycles. The predicted molar refractivity (Wildman–Crippen MR) is 65.7 cm³/mol. The van der Waals surface area contributed by atoms with Gasteiger partial charge < -0.3 is 15.8 Å². The summed E-state index contributed by atoms with van der Waals surface area (Å²) in [6.07, 6.45) is 2.06. The van der Waals surface area contributed by atoms with Crippen molar-refractivity contribution in [2.75, 3.05) is 6.61 Å². The number of nitrogens with one attached hydrogen (secondary N) is 1. The minimum Gasteiger partial charge on any atom is -0.484 e. The van der Waals surface area contributed by atoms with Gasteiger partial charge in [0, 0.05) is 23.7 Å². The lowest BCUT2D eigenvalue weighted by atomic mass is 10.1. The van der Waals surface area contributed by atoms with E-state index in [-0.39, 0.29) is 18.6 Å². The van der Waals surface area contributed by atoms with Crippen LogP contribution in [0.1, 0.15) is 31.4 Å². The Bertz CT molecular complexity index is 445. The Morgan fingerprint density at radius 3 is 2.89 bits per heavy atom. The van der Waals surface area contributed by atoms with Crippen LogP contribution in [-0.2, 0) is 4.79 Å². The first kappa shape index (κ1) is 12.8. The highest BCUT2D eigenvalue weighted by atomic mass is 19.1. The molecule has 1 aromatic carbocycles. The van der Waals surface area contributed by atoms with Gasteiger partial charge in [0.15, 0.2) is 6.61 Å². The lowest BCUT2D eigenvalue weighted by Gasteiger charge is -2.10. The van der Waals surface area contributed by atoms with Crippen molar-refractivity contribution in [2.24, 2.45) is 5.73 Å². The summed E-state index contributed by atoms with van der Waals surface area (Å²) in [5.41, 5.74) is 6.04. The standard InChI is InChI=1S/C13H17FN2O2/c1-8(15)11-5-4-10(6-12(11)14)18-7-13(17)16-9-2-3-9/h4-6,8-9H,2-3,7,15H2,1H3,(H,16,17)/t8-/m1/s1. The first-order valence-corrected chi connectivity index (χ1v) is 6.03. The van der Waals surface area contributed by atoms with E-state index in [0.717, 1.165) is 12.8 Å². The quantitative estimate of drug-likeness (QED) is 0.834. The maximum absolute atomic E-state index is 13.6. The Kier molecular flexibility index (Phi) is 3.81. The van der Waals surface area contributed by atoms with Gasteiger partial charge in [-0.2, -0.15) is 0 Å². The van der Waals surface area contributed by atoms with Gasteiger partial charge >= 0.3 is 0 Å². The van der Waals surface area contributed by atoms with Crippen LogP contribution in [0.15, 0.2) is 18.2 Å². The second kappa shape index (κ2) is 5.35. The fourth-order valence-corrected chi connectivity index (χ4v) is 1.61. The second-order valence-corrected chi connectivity index (χ2v) is 4.60. The molecule has 1 atom stereocenters. The summed E-state index contributed by atoms with van der Waals surface area (Å²) >= 11 is 0. The summed E-state index contributed by atoms with van der Waals surface area (Å²) < 4.78 is 18.8. The van der Waals surface area contributed by atoms with Gasteiger partial charge in [0.1, 0.15) is 11.6 Å². The molecule has 0 aromatic heterocycles. The van der Waals surface area contributed by atoms with Crippen molar-refractivity contribution in [3.05, 3.63) is 29.6 Å². The maximum atomic E-state index is 13.6. The van der Waals surface area contributed by atoms with E-state index >= 15 is 0 Å². The number of carbonyl (C=O) groups is 1. The Labute approximate surface area is 105 Å². The van der Waals surface area contributed by atoms with Crippen molar-refractivity contribution in [3.63, 3.8) is 0 Å². The molecule has 0 heterocycles. The molecule has 18 heavy (non-hydrogen) atoms. The van der Waals surface area contributed by atoms with Gasteiger partial charge in [-0.25, -0.2) is 4.39 Å². The molecule has 1 amide bonds. The minimum absolute atomic E-state index is 0.0898. The van der Waals surface area contributed by atoms with Crippen molar-refractivity contribution in [1.29, 1.82) is 0 Å². The number of hydrogen-bond donors (Lipinski definition) is 2. The third-order valence-corrected chi connectivity index (χ3v) is 2.77. The van der Waals surface area contributed by atoms with Gasteiger partial charge in [-0.05, 0) is 25.8 Å². The molecule has 1 aliphatic carbocycles. The largest absolute Gasteiger partial charge is 0.484 e. The van der Waals surface area contributed by atoms with Crippen LogP contribution in [0.5, 0.6) is 5.75 Å². The Hall–Kier alpha value is -1.62. The van der Waals surface area contributed by atoms with E-state index in [1.807, 2.05) is 0 Å². The lowest BCUT2D eigenvalue weighted by Crippen LogP contribution is -2.30. The van der Waals surface area contributed by atoms with E-state index in [1.165, 1.54) is 6.07 Å². The summed E-state index contributed by atoms with van der Waals surface area (Å²) in [7, 11) is 0. The number of carbonyl (C=O) groups excluding carboxylic acids is 1. The molecule has 2 rings (SSSR count). The highest BCUT2D eigenvalue weighted by molar-refractivity contribution is 5.78. The normalized spacial score (nSPS) is 16.2. The van der Waals surface area contributed by atoms with Crippen LogP contribution in [-0.4, -0.2) is 18.6 Å². The molecule has 5 heteroatoms. The van der Waals surface area contributed by atoms with Gasteiger partial charge in [0.25, 0.3) is 5.91 Å². The van der Waals surface area contributed by atoms with Gasteiger partial charge in [-0.15, -0.1) is 0 Å². The van der Waals surface area contributed by atoms with Crippen molar-refractivity contribution < 1.29 is 13.9 Å². The fraction of sp³-hybridized carbons (Fsp3) is 0.462. The minimum atomic E-state index is -0.412. The zero-order chi connectivity index (χ0) is 13.1. The molecule has 0 radical (unpaired) electrons. The first-order chi connectivity index (χ1) is 8.56. The molecule has 1 aromatic rings. The molecular formula is C13H17FN2O2. The summed E-state index contributed by atoms with van der Waals surface area (Å²) in [5.74, 6) is -0.248. The van der Waals surface area contributed by atoms with E-state index < -0.39 is 5.82 Å². The molecule has 1 fully saturated rings. The molecule has 1 aliphatic rings. The summed E-state index contributed by atoms with van der Waals surface area (Å²) in [4.78, 5) is 11.4. The van der Waals surface area contributed by atoms with E-state index in [1.54, 1.807) is 19.1 Å². The SMILES string of the molecule is C[C@@H](N)c1ccc(OCC(=O)NC2CC2)cc1F. The van der Waals surface area contributed by atoms with Gasteiger partial charge in [0.05, 0.1) is 0 Å². The molecule has 0 aliphatic heterocycles. The second-order valence-electron chi connectivity index (χ2n) is 4.60. The zero-order valence-corrected chi connectivity index (χ0v) is 10.3. The van der Waals surface area contributed by atoms with Crippen LogP contribution < -0.4 is 15.8 Å². The predicted octanol–water partition coefficient (Wildman–Crippen LogP) is 1.50. The average molecular weight is 252 g/mol. The summed E-state index contributed by atoms with van der Waals surface area (Å²) in [5, 5.41) is 2.79. The average Bonchev–Trinajstić information content (AvgIpc) is 3.10. The van der Waals surface area contributed by atoms with Crippen LogP contribution >= 0.6 is 0 Å². The van der Waals surface area contributed by atoms with Crippen LogP contribution in [0.2, 0.25) is 0 Å². The molecule has 0 bridgehead atoms. The van der Waals surface area contributed by atoms with Crippen molar-refractivity contribution in [2.45, 2.75) is 31.8 Å². The van der Waals surface area contributed by atoms with Gasteiger partial charge in [0.2, 0.25) is 0 Å². The highest BCUT2D eigenvalue weighted by Crippen LogP contribution is 2.21. The maximum Gasteiger partial charge on any atom is 0.258 e. The molecule has 4 nitrogen and oxygen atoms in total. The van der Waals surface area contributed by atoms with Crippen LogP contribution in [0.4, 0.5) is 4.39 Å². The van der Waals surface area contributed by atoms with E-state index in [2.05, 4.69) is 5.32 Å². The monoisotopic (exact) mass is 252 g/mol. The lowest BCUT2D eigenvalue weighted by molar-refractivity contribution is -0.123. The van der Waals surface area contributed by atoms with Gasteiger partial charge in [-0.1, -0.05) is 6.07 Å². The number of nitrogens with two attached hydrogens (primary N) is 1. The van der Waals surface area contributed by atoms with Crippen molar-refractivity contribution in [1.82, 2.24) is 5.32 Å². The summed E-state index contributed by atoms with van der Waals surface area (Å²) in [6, 6.07) is 4.39. The van der Waals surface area contributed by atoms with Crippen LogP contribution in [0.3, 0.4) is 0 Å². The van der Waals surface area contributed by atoms with Crippen LogP contribution in [0, 0.1) is 5.82 Å². The Balaban J connectivity index is 1.88. The van der Waals surface area contributed by atoms with E-state index in [0.29, 0.717) is 17.4 Å². The third-order valence-electron chi connectivity index (χ3n) is 2.77. The topological polar surface area (TPSA) is 64.3 Å². The third kappa shape index (κ3) is 3.43. The zero-order valence-electron chi connectivity index (χ0n) is 10.3. The first-order valence-electron chi connectivity index (χ1n) is 6.03. The smallest absolute Gasteiger partial charge is 0.258 e. The Morgan fingerprint density at radius 2 is 2.33 bits per heavy atom. The number of halogens is 1. The highest BCUT2D eigenvalue weighted by Gasteiger charge is 2.23.